The second-order valence-corrected chi connectivity index (χ2v) is 7.59. The highest BCUT2D eigenvalue weighted by Gasteiger charge is 2.37. The smallest absolute Gasteiger partial charge is 0.228 e. The van der Waals surface area contributed by atoms with Crippen molar-refractivity contribution in [2.24, 2.45) is 5.92 Å². The summed E-state index contributed by atoms with van der Waals surface area (Å²) in [5.41, 5.74) is 1.08. The van der Waals surface area contributed by atoms with Crippen molar-refractivity contribution in [3.05, 3.63) is 23.8 Å². The molecule has 0 saturated carbocycles. The van der Waals surface area contributed by atoms with Crippen molar-refractivity contribution < 1.29 is 19.1 Å². The maximum atomic E-state index is 12.9. The van der Waals surface area contributed by atoms with Gasteiger partial charge in [0, 0.05) is 38.6 Å². The Morgan fingerprint density at radius 2 is 1.97 bits per heavy atom. The topological polar surface area (TPSA) is 71.1 Å². The van der Waals surface area contributed by atoms with Crippen molar-refractivity contribution in [3.63, 3.8) is 0 Å². The first-order valence-corrected chi connectivity index (χ1v) is 10.0. The number of likely N-dealkylation sites (N-methyl/N-ethyl adjacent to an activating group) is 1. The summed E-state index contributed by atoms with van der Waals surface area (Å²) in [5.74, 6) is 1.36. The number of amides is 2. The Kier molecular flexibility index (Phi) is 8.59. The summed E-state index contributed by atoms with van der Waals surface area (Å²) in [6.07, 6.45) is 3.16. The molecule has 2 aliphatic rings. The molecule has 2 fully saturated rings. The van der Waals surface area contributed by atoms with Crippen LogP contribution in [0, 0.1) is 5.92 Å². The SMILES string of the molecule is CNC1CCCN(C(=O)C2CC(=O)N(CCc3ccc(OC)c(OC)c3)C2)C1.Cl. The molecular formula is C21H32ClN3O4. The number of carbonyl (C=O) groups excluding carboxylic acids is 2. The van der Waals surface area contributed by atoms with Crippen molar-refractivity contribution in [1.29, 1.82) is 0 Å². The van der Waals surface area contributed by atoms with Crippen molar-refractivity contribution >= 4 is 24.2 Å². The minimum absolute atomic E-state index is 0. The van der Waals surface area contributed by atoms with Gasteiger partial charge >= 0.3 is 0 Å². The van der Waals surface area contributed by atoms with Gasteiger partial charge in [0.15, 0.2) is 11.5 Å². The van der Waals surface area contributed by atoms with Crippen molar-refractivity contribution in [1.82, 2.24) is 15.1 Å². The van der Waals surface area contributed by atoms with Crippen LogP contribution in [-0.4, -0.2) is 75.1 Å². The summed E-state index contributed by atoms with van der Waals surface area (Å²) in [5, 5.41) is 3.26. The third-order valence-corrected chi connectivity index (χ3v) is 5.82. The second kappa shape index (κ2) is 10.7. The van der Waals surface area contributed by atoms with Crippen molar-refractivity contribution in [2.45, 2.75) is 31.7 Å². The summed E-state index contributed by atoms with van der Waals surface area (Å²) >= 11 is 0. The van der Waals surface area contributed by atoms with Gasteiger partial charge in [0.25, 0.3) is 0 Å². The lowest BCUT2D eigenvalue weighted by atomic mass is 10.0. The van der Waals surface area contributed by atoms with Crippen LogP contribution in [0.3, 0.4) is 0 Å². The first-order chi connectivity index (χ1) is 13.5. The highest BCUT2D eigenvalue weighted by atomic mass is 35.5. The fourth-order valence-electron chi connectivity index (χ4n) is 4.13. The van der Waals surface area contributed by atoms with Gasteiger partial charge in [-0.15, -0.1) is 12.4 Å². The van der Waals surface area contributed by atoms with Gasteiger partial charge < -0.3 is 24.6 Å². The number of halogens is 1. The number of rotatable bonds is 7. The number of nitrogens with one attached hydrogen (secondary N) is 1. The minimum Gasteiger partial charge on any atom is -0.493 e. The molecule has 29 heavy (non-hydrogen) atoms. The lowest BCUT2D eigenvalue weighted by Crippen LogP contribution is -2.49. The number of likely N-dealkylation sites (tertiary alicyclic amines) is 2. The predicted octanol–water partition coefficient (Wildman–Crippen LogP) is 1.73. The fourth-order valence-corrected chi connectivity index (χ4v) is 4.13. The molecule has 2 heterocycles. The van der Waals surface area contributed by atoms with E-state index in [4.69, 9.17) is 9.47 Å². The molecule has 2 saturated heterocycles. The third kappa shape index (κ3) is 5.54. The van der Waals surface area contributed by atoms with E-state index in [2.05, 4.69) is 5.32 Å². The number of nitrogens with zero attached hydrogens (tertiary/aromatic N) is 2. The molecule has 0 spiro atoms. The van der Waals surface area contributed by atoms with E-state index < -0.39 is 0 Å². The molecule has 0 radical (unpaired) electrons. The highest BCUT2D eigenvalue weighted by molar-refractivity contribution is 5.89. The molecule has 1 N–H and O–H groups in total. The van der Waals surface area contributed by atoms with Crippen LogP contribution >= 0.6 is 12.4 Å². The van der Waals surface area contributed by atoms with Gasteiger partial charge in [-0.3, -0.25) is 9.59 Å². The number of piperidine rings is 1. The van der Waals surface area contributed by atoms with Gasteiger partial charge in [-0.2, -0.15) is 0 Å². The van der Waals surface area contributed by atoms with Crippen molar-refractivity contribution in [2.75, 3.05) is 47.4 Å². The molecule has 2 unspecified atom stereocenters. The molecule has 0 aromatic heterocycles. The predicted molar refractivity (Wildman–Crippen MR) is 114 cm³/mol. The zero-order valence-electron chi connectivity index (χ0n) is 17.5. The van der Waals surface area contributed by atoms with Crippen LogP contribution in [0.25, 0.3) is 0 Å². The van der Waals surface area contributed by atoms with Crippen LogP contribution in [0.1, 0.15) is 24.8 Å². The van der Waals surface area contributed by atoms with Gasteiger partial charge in [-0.25, -0.2) is 0 Å². The molecule has 0 bridgehead atoms. The van der Waals surface area contributed by atoms with E-state index in [9.17, 15) is 9.59 Å². The summed E-state index contributed by atoms with van der Waals surface area (Å²) in [4.78, 5) is 29.1. The number of benzene rings is 1. The average molecular weight is 426 g/mol. The van der Waals surface area contributed by atoms with Crippen LogP contribution < -0.4 is 14.8 Å². The molecule has 1 aromatic carbocycles. The Morgan fingerprint density at radius 3 is 2.66 bits per heavy atom. The van der Waals surface area contributed by atoms with E-state index in [1.807, 2.05) is 35.0 Å². The molecule has 0 aliphatic carbocycles. The van der Waals surface area contributed by atoms with Crippen LogP contribution in [-0.2, 0) is 16.0 Å². The molecule has 8 heteroatoms. The number of methoxy groups -OCH3 is 2. The normalized spacial score (nSPS) is 21.7. The zero-order chi connectivity index (χ0) is 20.1. The molecule has 2 atom stereocenters. The standard InChI is InChI=1S/C21H31N3O4.ClH/c1-22-17-5-4-9-24(14-17)21(26)16-12-20(25)23(13-16)10-8-15-6-7-18(27-2)19(11-15)28-3;/h6-7,11,16-17,22H,4-5,8-10,12-14H2,1-3H3;1H. The number of ether oxygens (including phenoxy) is 2. The highest BCUT2D eigenvalue weighted by Crippen LogP contribution is 2.28. The van der Waals surface area contributed by atoms with E-state index in [0.29, 0.717) is 37.1 Å². The lowest BCUT2D eigenvalue weighted by molar-refractivity contribution is -0.137. The maximum Gasteiger partial charge on any atom is 0.228 e. The number of carbonyl (C=O) groups is 2. The van der Waals surface area contributed by atoms with E-state index in [-0.39, 0.29) is 30.1 Å². The van der Waals surface area contributed by atoms with Gasteiger partial charge in [-0.1, -0.05) is 6.07 Å². The Bertz CT molecular complexity index is 715. The summed E-state index contributed by atoms with van der Waals surface area (Å²) in [6.45, 7) is 2.67. The molecular weight excluding hydrogens is 394 g/mol. The average Bonchev–Trinajstić information content (AvgIpc) is 3.11. The Balaban J connectivity index is 0.00000300. The number of hydrogen-bond donors (Lipinski definition) is 1. The van der Waals surface area contributed by atoms with E-state index in [0.717, 1.165) is 37.9 Å². The van der Waals surface area contributed by atoms with E-state index in [1.165, 1.54) is 0 Å². The first kappa shape index (κ1) is 23.3. The van der Waals surface area contributed by atoms with Crippen LogP contribution in [0.4, 0.5) is 0 Å². The summed E-state index contributed by atoms with van der Waals surface area (Å²) in [6, 6.07) is 6.15. The Hall–Kier alpha value is -1.99. The van der Waals surface area contributed by atoms with Gasteiger partial charge in [0.1, 0.15) is 0 Å². The summed E-state index contributed by atoms with van der Waals surface area (Å²) < 4.78 is 10.6. The Morgan fingerprint density at radius 1 is 1.21 bits per heavy atom. The first-order valence-electron chi connectivity index (χ1n) is 10.0. The fraction of sp³-hybridized carbons (Fsp3) is 0.619. The van der Waals surface area contributed by atoms with Crippen LogP contribution in [0.2, 0.25) is 0 Å². The molecule has 2 aliphatic heterocycles. The minimum atomic E-state index is -0.214. The van der Waals surface area contributed by atoms with Crippen LogP contribution in [0.5, 0.6) is 11.5 Å². The molecule has 162 valence electrons. The quantitative estimate of drug-likeness (QED) is 0.720. The monoisotopic (exact) mass is 425 g/mol. The van der Waals surface area contributed by atoms with Gasteiger partial charge in [0.2, 0.25) is 11.8 Å². The second-order valence-electron chi connectivity index (χ2n) is 7.59. The number of hydrogen-bond acceptors (Lipinski definition) is 5. The molecule has 1 aromatic rings. The largest absolute Gasteiger partial charge is 0.493 e. The van der Waals surface area contributed by atoms with Gasteiger partial charge in [-0.05, 0) is 44.0 Å². The van der Waals surface area contributed by atoms with Crippen molar-refractivity contribution in [3.8, 4) is 11.5 Å². The van der Waals surface area contributed by atoms with E-state index >= 15 is 0 Å². The lowest BCUT2D eigenvalue weighted by Gasteiger charge is -2.34. The van der Waals surface area contributed by atoms with Gasteiger partial charge in [0.05, 0.1) is 20.1 Å². The summed E-state index contributed by atoms with van der Waals surface area (Å²) in [7, 11) is 5.16. The maximum absolute atomic E-state index is 12.9. The van der Waals surface area contributed by atoms with Crippen LogP contribution in [0.15, 0.2) is 18.2 Å². The molecule has 3 rings (SSSR count). The molecule has 2 amide bonds. The Labute approximate surface area is 179 Å². The molecule has 7 nitrogen and oxygen atoms in total. The zero-order valence-corrected chi connectivity index (χ0v) is 18.3. The third-order valence-electron chi connectivity index (χ3n) is 5.82. The van der Waals surface area contributed by atoms with E-state index in [1.54, 1.807) is 14.2 Å².